The van der Waals surface area contributed by atoms with Gasteiger partial charge >= 0.3 is 152 Å². The van der Waals surface area contributed by atoms with Crippen molar-refractivity contribution in [3.05, 3.63) is 485 Å². The van der Waals surface area contributed by atoms with Crippen LogP contribution in [0.15, 0.2) is 485 Å². The fourth-order valence-corrected chi connectivity index (χ4v) is 35.2. The second-order valence-electron chi connectivity index (χ2n) is 27.5. The van der Waals surface area contributed by atoms with Crippen LogP contribution in [0, 0.1) is 0 Å². The fourth-order valence-electron chi connectivity index (χ4n) is 13.8. The van der Waals surface area contributed by atoms with Crippen LogP contribution in [-0.4, -0.2) is 49.3 Å². The molecule has 16 aromatic rings. The largest absolute Gasteiger partial charge is 2.00 e. The first-order valence-electron chi connectivity index (χ1n) is 39.7. The Labute approximate surface area is 946 Å². The van der Waals surface area contributed by atoms with Crippen molar-refractivity contribution in [3.63, 3.8) is 0 Å². The molecule has 0 aromatic heterocycles. The smallest absolute Gasteiger partial charge is 2.00 e. The van der Waals surface area contributed by atoms with E-state index in [1.54, 1.807) is 0 Å². The Kier molecular flexibility index (Phi) is 73.7. The molecule has 0 aliphatic heterocycles. The van der Waals surface area contributed by atoms with Crippen LogP contribution >= 0.6 is 71.2 Å². The SMILES string of the molecule is F[P-](F)(F)(F)(F)F.[Cl-].[Cl-].[Cl-].[Cl-].[Hg+2].[Hg+2].[Pt+2].[Pt+2].[Pt+2].[Pt].[S-2].[S-2].[S-2].[S-2].c1ccc(P(CCP(c2ccccc2)c2ccccc2)c2ccccc2)cc1.c1ccc(P(CCP(c2ccccc2)c2ccccc2)c2ccccc2)cc1.c1ccc(P(CCP(c2ccccc2)c2ccccc2)c2ccccc2)cc1.c1ccc(P(CCP(c2ccccc2)c2ccccc2)c2ccccc2)cc1. The van der Waals surface area contributed by atoms with Gasteiger partial charge in [-0.1, -0.05) is 485 Å². The van der Waals surface area contributed by atoms with Gasteiger partial charge in [-0.2, -0.15) is 0 Å². The van der Waals surface area contributed by atoms with Crippen LogP contribution in [0.4, 0.5) is 25.2 Å². The molecule has 16 rings (SSSR count). The van der Waals surface area contributed by atoms with E-state index in [1.165, 1.54) is 134 Å². The molecule has 0 aliphatic rings. The minimum atomic E-state index is -10.7. The van der Waals surface area contributed by atoms with Gasteiger partial charge in [-0.15, -0.1) is 0 Å². The van der Waals surface area contributed by atoms with Gasteiger partial charge in [0.25, 0.3) is 0 Å². The summed E-state index contributed by atoms with van der Waals surface area (Å²) in [5.41, 5.74) is 0. The Bertz CT molecular complexity index is 4200. The van der Waals surface area contributed by atoms with E-state index in [-0.39, 0.29) is 307 Å². The summed E-state index contributed by atoms with van der Waals surface area (Å²) in [4.78, 5) is 0. The molecule has 0 amide bonds. The molecule has 0 unspecified atom stereocenters. The molecule has 0 fully saturated rings. The van der Waals surface area contributed by atoms with Gasteiger partial charge in [0.1, 0.15) is 0 Å². The van der Waals surface area contributed by atoms with Crippen LogP contribution in [-0.2, 0) is 194 Å². The summed E-state index contributed by atoms with van der Waals surface area (Å²) in [5.74, 6) is 0. The molecule has 0 nitrogen and oxygen atoms in total. The topological polar surface area (TPSA) is 0 Å². The third-order valence-corrected chi connectivity index (χ3v) is 40.8. The molecule has 16 aromatic carbocycles. The summed E-state index contributed by atoms with van der Waals surface area (Å²) in [6.45, 7) is 0. The predicted octanol–water partition coefficient (Wildman–Crippen LogP) is 12.4. The molecule has 0 bridgehead atoms. The Hall–Kier alpha value is -1.85. The second-order valence-corrected chi connectivity index (χ2v) is 48.1. The average molecular weight is 3190 g/mol. The Morgan fingerprint density at radius 1 is 0.135 bits per heavy atom. The van der Waals surface area contributed by atoms with Gasteiger partial charge in [-0.25, -0.2) is 0 Å². The Morgan fingerprint density at radius 3 is 0.226 bits per heavy atom. The van der Waals surface area contributed by atoms with Crippen LogP contribution in [0.2, 0.25) is 0 Å². The second kappa shape index (κ2) is 72.4. The Balaban J connectivity index is -0.00000160. The van der Waals surface area contributed by atoms with Crippen LogP contribution in [0.25, 0.3) is 0 Å². The van der Waals surface area contributed by atoms with E-state index in [0.717, 1.165) is 0 Å². The van der Waals surface area contributed by atoms with Crippen molar-refractivity contribution in [3.8, 4) is 0 Å². The first kappa shape index (κ1) is 135. The van der Waals surface area contributed by atoms with E-state index in [0.29, 0.717) is 0 Å². The van der Waals surface area contributed by atoms with Gasteiger partial charge < -0.3 is 104 Å². The minimum Gasteiger partial charge on any atom is -2.00 e. The molecule has 698 valence electrons. The van der Waals surface area contributed by atoms with Crippen LogP contribution < -0.4 is 135 Å². The first-order chi connectivity index (χ1) is 58.1. The molecule has 0 aliphatic carbocycles. The van der Waals surface area contributed by atoms with Crippen LogP contribution in [0.3, 0.4) is 0 Å². The third-order valence-electron chi connectivity index (χ3n) is 19.3. The molecule has 0 atom stereocenters. The number of hydrogen-bond acceptors (Lipinski definition) is 0. The summed E-state index contributed by atoms with van der Waals surface area (Å²) in [5, 5.41) is 23.6. The number of rotatable bonds is 28. The third kappa shape index (κ3) is 48.4. The number of benzene rings is 16. The molecule has 0 saturated heterocycles. The molecular weight excluding hydrogens is 3090 g/mol. The number of hydrogen-bond donors (Lipinski definition) is 0. The first-order valence-corrected chi connectivity index (χ1v) is 53.9. The van der Waals surface area contributed by atoms with Crippen molar-refractivity contribution in [1.29, 1.82) is 0 Å². The van der Waals surface area contributed by atoms with Crippen LogP contribution in [0.5, 0.6) is 0 Å². The van der Waals surface area contributed by atoms with Gasteiger partial charge in [0, 0.05) is 21.1 Å². The standard InChI is InChI=1S/4C26H24P2.4ClH.F6P.2Hg.4Pt.4S/c4*1-5-13-23(14-6-1)27(24-15-7-2-8-16-24)21-22-28(25-17-9-3-10-18-25)26-19-11-4-12-20-26;;;;;1-7(2,3,4,5)6;;;;;;;;;;/h4*1-20H,21-22H2;4*1H;;;;;;;;;;;/q;;;;;;;;-1;2*+2;;3*+2;4*-2/p-4. The summed E-state index contributed by atoms with van der Waals surface area (Å²) in [7, 11) is -13.4. The zero-order valence-corrected chi connectivity index (χ0v) is 106. The molecule has 0 heterocycles. The quantitative estimate of drug-likeness (QED) is 0.0260. The van der Waals surface area contributed by atoms with Crippen molar-refractivity contribution in [2.45, 2.75) is 0 Å². The van der Waals surface area contributed by atoms with E-state index in [4.69, 9.17) is 0 Å². The van der Waals surface area contributed by atoms with Crippen molar-refractivity contribution >= 4 is 210 Å². The summed E-state index contributed by atoms with van der Waals surface area (Å²) < 4.78 is 59.2. The van der Waals surface area contributed by atoms with Gasteiger partial charge in [0.2, 0.25) is 0 Å². The van der Waals surface area contributed by atoms with Crippen molar-refractivity contribution in [2.24, 2.45) is 0 Å². The summed E-state index contributed by atoms with van der Waals surface area (Å²) in [6.07, 6.45) is 9.66. The van der Waals surface area contributed by atoms with E-state index < -0.39 is 7.81 Å². The summed E-state index contributed by atoms with van der Waals surface area (Å²) in [6, 6.07) is 177. The Morgan fingerprint density at radius 2 is 0.180 bits per heavy atom. The molecule has 0 radical (unpaired) electrons. The van der Waals surface area contributed by atoms with E-state index >= 15 is 0 Å². The monoisotopic (exact) mass is 3190 g/mol. The molecule has 29 heteroatoms. The zero-order valence-electron chi connectivity index (χ0n) is 72.0. The normalized spacial score (nSPS) is 10.5. The fraction of sp³-hybridized carbons (Fsp3) is 0.0769. The molecule has 133 heavy (non-hydrogen) atoms. The molecule has 0 N–H and O–H groups in total. The summed E-state index contributed by atoms with van der Waals surface area (Å²) >= 11 is 0. The maximum atomic E-state index is 9.87. The minimum absolute atomic E-state index is 0. The van der Waals surface area contributed by atoms with E-state index in [1.807, 2.05) is 0 Å². The van der Waals surface area contributed by atoms with Crippen LogP contribution in [0.1, 0.15) is 0 Å². The van der Waals surface area contributed by atoms with Gasteiger partial charge in [-0.05, 0) is 198 Å². The molecule has 0 saturated carbocycles. The predicted molar refractivity (Wildman–Crippen MR) is 555 cm³/mol. The molecular formula is C104H96Cl4F6Hg2P9Pt4S4-3. The number of halogens is 10. The van der Waals surface area contributed by atoms with Crippen molar-refractivity contribution in [2.75, 3.05) is 49.3 Å². The van der Waals surface area contributed by atoms with Gasteiger partial charge in [-0.3, -0.25) is 0 Å². The van der Waals surface area contributed by atoms with Gasteiger partial charge in [0.15, 0.2) is 0 Å². The maximum absolute atomic E-state index is 10.7. The molecule has 0 spiro atoms. The van der Waals surface area contributed by atoms with E-state index in [9.17, 15) is 25.2 Å². The van der Waals surface area contributed by atoms with Gasteiger partial charge in [0.05, 0.1) is 0 Å². The maximum Gasteiger partial charge on any atom is 2.00 e. The van der Waals surface area contributed by atoms with Crippen molar-refractivity contribution in [1.82, 2.24) is 0 Å². The van der Waals surface area contributed by atoms with Crippen molar-refractivity contribution < 1.29 is 214 Å². The zero-order chi connectivity index (χ0) is 82.5. The average Bonchev–Trinajstić information content (AvgIpc) is 0.784. The van der Waals surface area contributed by atoms with E-state index in [2.05, 4.69) is 485 Å².